The molecule has 0 unspecified atom stereocenters. The minimum absolute atomic E-state index is 0.139. The second-order valence-corrected chi connectivity index (χ2v) is 4.88. The van der Waals surface area contributed by atoms with E-state index in [0.29, 0.717) is 6.04 Å². The molecule has 0 bridgehead atoms. The molecule has 0 spiro atoms. The topological polar surface area (TPSA) is 35.6 Å². The van der Waals surface area contributed by atoms with E-state index in [4.69, 9.17) is 0 Å². The Kier molecular flexibility index (Phi) is 4.04. The van der Waals surface area contributed by atoms with Gasteiger partial charge in [-0.25, -0.2) is 4.79 Å². The fourth-order valence-corrected chi connectivity index (χ4v) is 2.35. The van der Waals surface area contributed by atoms with E-state index in [0.717, 1.165) is 51.9 Å². The average Bonchev–Trinajstić information content (AvgIpc) is 2.31. The normalized spacial score (nSPS) is 24.4. The van der Waals surface area contributed by atoms with Crippen molar-refractivity contribution in [1.29, 1.82) is 0 Å². The number of carbonyl (C=O) groups excluding carboxylic acids is 1. The Morgan fingerprint density at radius 1 is 1.19 bits per heavy atom. The van der Waals surface area contributed by atoms with Crippen molar-refractivity contribution in [1.82, 2.24) is 15.1 Å². The lowest BCUT2D eigenvalue weighted by molar-refractivity contribution is 0.150. The molecular weight excluding hydrogens is 202 g/mol. The van der Waals surface area contributed by atoms with E-state index in [1.807, 2.05) is 4.90 Å². The Morgan fingerprint density at radius 2 is 1.81 bits per heavy atom. The van der Waals surface area contributed by atoms with Crippen molar-refractivity contribution in [2.24, 2.45) is 0 Å². The highest BCUT2D eigenvalue weighted by molar-refractivity contribution is 5.74. The molecule has 2 amide bonds. The number of hydrogen-bond acceptors (Lipinski definition) is 2. The lowest BCUT2D eigenvalue weighted by Gasteiger charge is -2.34. The van der Waals surface area contributed by atoms with Gasteiger partial charge in [0.05, 0.1) is 0 Å². The van der Waals surface area contributed by atoms with E-state index in [9.17, 15) is 4.79 Å². The summed E-state index contributed by atoms with van der Waals surface area (Å²) in [6, 6.07) is 0.539. The predicted molar refractivity (Wildman–Crippen MR) is 64.2 cm³/mol. The zero-order chi connectivity index (χ0) is 11.4. The molecular formula is C12H22N3O. The third-order valence-electron chi connectivity index (χ3n) is 3.56. The highest BCUT2D eigenvalue weighted by Gasteiger charge is 2.22. The molecule has 0 atom stereocenters. The summed E-state index contributed by atoms with van der Waals surface area (Å²) in [6.07, 6.45) is 6.83. The molecule has 1 saturated carbocycles. The van der Waals surface area contributed by atoms with E-state index in [2.05, 4.69) is 23.7 Å². The standard InChI is InChI=1S/C12H22N3O/c1-14-7-9-15(10-8-14)12(16)13-11-5-3-2-4-6-11/h2,11H,3-10H2,1H3,(H,13,16). The van der Waals surface area contributed by atoms with Crippen molar-refractivity contribution in [2.45, 2.75) is 31.7 Å². The van der Waals surface area contributed by atoms with Crippen LogP contribution in [0.5, 0.6) is 0 Å². The smallest absolute Gasteiger partial charge is 0.317 e. The Hall–Kier alpha value is -0.770. The molecule has 2 aliphatic rings. The fourth-order valence-electron chi connectivity index (χ4n) is 2.35. The summed E-state index contributed by atoms with van der Waals surface area (Å²) >= 11 is 0. The van der Waals surface area contributed by atoms with Gasteiger partial charge in [0.1, 0.15) is 0 Å². The molecule has 4 heteroatoms. The van der Waals surface area contributed by atoms with Gasteiger partial charge in [0.25, 0.3) is 0 Å². The molecule has 0 aromatic heterocycles. The summed E-state index contributed by atoms with van der Waals surface area (Å²) in [5.41, 5.74) is 0. The molecule has 1 aliphatic carbocycles. The molecule has 4 nitrogen and oxygen atoms in total. The van der Waals surface area contributed by atoms with Crippen molar-refractivity contribution >= 4 is 6.03 Å². The van der Waals surface area contributed by atoms with Gasteiger partial charge in [0, 0.05) is 32.2 Å². The van der Waals surface area contributed by atoms with Crippen LogP contribution in [0, 0.1) is 6.42 Å². The van der Waals surface area contributed by atoms with Crippen LogP contribution < -0.4 is 5.32 Å². The second kappa shape index (κ2) is 5.53. The molecule has 1 radical (unpaired) electrons. The number of piperazine rings is 1. The van der Waals surface area contributed by atoms with Gasteiger partial charge in [-0.1, -0.05) is 0 Å². The Morgan fingerprint density at radius 3 is 2.44 bits per heavy atom. The minimum Gasteiger partial charge on any atom is -0.335 e. The van der Waals surface area contributed by atoms with Gasteiger partial charge in [0.2, 0.25) is 0 Å². The second-order valence-electron chi connectivity index (χ2n) is 4.88. The molecule has 1 heterocycles. The van der Waals surface area contributed by atoms with Crippen molar-refractivity contribution in [3.05, 3.63) is 6.42 Å². The number of nitrogens with one attached hydrogen (secondary N) is 1. The Balaban J connectivity index is 1.74. The van der Waals surface area contributed by atoms with Gasteiger partial charge in [-0.2, -0.15) is 0 Å². The molecule has 2 rings (SSSR count). The van der Waals surface area contributed by atoms with Crippen molar-refractivity contribution in [3.8, 4) is 0 Å². The maximum absolute atomic E-state index is 12.0. The van der Waals surface area contributed by atoms with Gasteiger partial charge in [-0.15, -0.1) is 0 Å². The summed E-state index contributed by atoms with van der Waals surface area (Å²) < 4.78 is 0. The van der Waals surface area contributed by atoms with E-state index < -0.39 is 0 Å². The van der Waals surface area contributed by atoms with Crippen LogP contribution in [-0.4, -0.2) is 55.1 Å². The number of urea groups is 1. The van der Waals surface area contributed by atoms with Gasteiger partial charge >= 0.3 is 6.03 Å². The molecule has 1 saturated heterocycles. The summed E-state index contributed by atoms with van der Waals surface area (Å²) in [5, 5.41) is 3.15. The SMILES string of the molecule is CN1CCN(C(=O)NC2CC[CH]CC2)CC1. The van der Waals surface area contributed by atoms with Gasteiger partial charge < -0.3 is 15.1 Å². The fraction of sp³-hybridized carbons (Fsp3) is 0.833. The highest BCUT2D eigenvalue weighted by Crippen LogP contribution is 2.16. The lowest BCUT2D eigenvalue weighted by atomic mass is 9.96. The number of hydrogen-bond donors (Lipinski definition) is 1. The molecule has 16 heavy (non-hydrogen) atoms. The average molecular weight is 224 g/mol. The number of rotatable bonds is 1. The van der Waals surface area contributed by atoms with Crippen molar-refractivity contribution < 1.29 is 4.79 Å². The highest BCUT2D eigenvalue weighted by atomic mass is 16.2. The Bertz CT molecular complexity index is 230. The quantitative estimate of drug-likeness (QED) is 0.723. The van der Waals surface area contributed by atoms with Crippen molar-refractivity contribution in [2.75, 3.05) is 33.2 Å². The minimum atomic E-state index is 0.139. The van der Waals surface area contributed by atoms with Gasteiger partial charge in [-0.05, 0) is 39.2 Å². The maximum Gasteiger partial charge on any atom is 0.317 e. The molecule has 1 aliphatic heterocycles. The molecule has 0 aromatic rings. The van der Waals surface area contributed by atoms with Crippen LogP contribution in [0.4, 0.5) is 4.79 Å². The summed E-state index contributed by atoms with van der Waals surface area (Å²) in [6.45, 7) is 3.71. The van der Waals surface area contributed by atoms with E-state index >= 15 is 0 Å². The number of likely N-dealkylation sites (N-methyl/N-ethyl adjacent to an activating group) is 1. The third-order valence-corrected chi connectivity index (χ3v) is 3.56. The van der Waals surface area contributed by atoms with Crippen LogP contribution in [0.25, 0.3) is 0 Å². The Labute approximate surface area is 98.0 Å². The van der Waals surface area contributed by atoms with E-state index in [-0.39, 0.29) is 6.03 Å². The first-order chi connectivity index (χ1) is 7.75. The largest absolute Gasteiger partial charge is 0.335 e. The molecule has 91 valence electrons. The van der Waals surface area contributed by atoms with Crippen LogP contribution in [0.15, 0.2) is 0 Å². The molecule has 1 N–H and O–H groups in total. The van der Waals surface area contributed by atoms with Crippen LogP contribution in [0.3, 0.4) is 0 Å². The predicted octanol–water partition coefficient (Wildman–Crippen LogP) is 1.09. The van der Waals surface area contributed by atoms with Crippen LogP contribution in [0.2, 0.25) is 0 Å². The first kappa shape index (κ1) is 11.7. The monoisotopic (exact) mass is 224 g/mol. The van der Waals surface area contributed by atoms with Crippen LogP contribution >= 0.6 is 0 Å². The zero-order valence-corrected chi connectivity index (χ0v) is 10.1. The number of amides is 2. The molecule has 0 aromatic carbocycles. The lowest BCUT2D eigenvalue weighted by Crippen LogP contribution is -2.52. The summed E-state index contributed by atoms with van der Waals surface area (Å²) in [4.78, 5) is 16.2. The number of nitrogens with zero attached hydrogens (tertiary/aromatic N) is 2. The first-order valence-electron chi connectivity index (χ1n) is 6.31. The van der Waals surface area contributed by atoms with Crippen molar-refractivity contribution in [3.63, 3.8) is 0 Å². The third kappa shape index (κ3) is 3.11. The van der Waals surface area contributed by atoms with E-state index in [1.54, 1.807) is 0 Å². The first-order valence-corrected chi connectivity index (χ1v) is 6.31. The van der Waals surface area contributed by atoms with Gasteiger partial charge in [0.15, 0.2) is 0 Å². The number of carbonyl (C=O) groups is 1. The molecule has 2 fully saturated rings. The van der Waals surface area contributed by atoms with Crippen LogP contribution in [-0.2, 0) is 0 Å². The van der Waals surface area contributed by atoms with Crippen LogP contribution in [0.1, 0.15) is 25.7 Å². The summed E-state index contributed by atoms with van der Waals surface area (Å²) in [7, 11) is 2.10. The zero-order valence-electron chi connectivity index (χ0n) is 10.1. The van der Waals surface area contributed by atoms with Gasteiger partial charge in [-0.3, -0.25) is 0 Å². The summed E-state index contributed by atoms with van der Waals surface area (Å²) in [5.74, 6) is 0. The van der Waals surface area contributed by atoms with E-state index in [1.165, 1.54) is 0 Å². The maximum atomic E-state index is 12.0.